The van der Waals surface area contributed by atoms with Crippen LogP contribution in [0.3, 0.4) is 0 Å². The van der Waals surface area contributed by atoms with Crippen LogP contribution in [0, 0.1) is 0 Å². The van der Waals surface area contributed by atoms with Gasteiger partial charge in [0.25, 0.3) is 0 Å². The van der Waals surface area contributed by atoms with Crippen LogP contribution >= 0.6 is 0 Å². The van der Waals surface area contributed by atoms with E-state index in [0.29, 0.717) is 0 Å². The van der Waals surface area contributed by atoms with Crippen LogP contribution in [0.4, 0.5) is 0 Å². The van der Waals surface area contributed by atoms with E-state index in [1.807, 2.05) is 0 Å². The fourth-order valence-electron chi connectivity index (χ4n) is 2.48. The Balaban J connectivity index is 1.61. The number of aliphatic hydroxyl groups is 1. The SMILES string of the molecule is O[C@H]1CCN(CCN2CCCCC2)C1. The van der Waals surface area contributed by atoms with Gasteiger partial charge in [0.15, 0.2) is 0 Å². The van der Waals surface area contributed by atoms with E-state index in [-0.39, 0.29) is 6.10 Å². The maximum absolute atomic E-state index is 9.38. The summed E-state index contributed by atoms with van der Waals surface area (Å²) in [7, 11) is 0. The number of hydrogen-bond donors (Lipinski definition) is 1. The van der Waals surface area contributed by atoms with Gasteiger partial charge in [-0.3, -0.25) is 4.90 Å². The maximum Gasteiger partial charge on any atom is 0.0679 e. The van der Waals surface area contributed by atoms with E-state index in [9.17, 15) is 5.11 Å². The van der Waals surface area contributed by atoms with Gasteiger partial charge in [0.05, 0.1) is 6.10 Å². The third-order valence-corrected chi connectivity index (χ3v) is 3.43. The van der Waals surface area contributed by atoms with Gasteiger partial charge in [0.1, 0.15) is 0 Å². The zero-order valence-corrected chi connectivity index (χ0v) is 8.99. The predicted octanol–water partition coefficient (Wildman–Crippen LogP) is 0.539. The fourth-order valence-corrected chi connectivity index (χ4v) is 2.48. The molecule has 14 heavy (non-hydrogen) atoms. The van der Waals surface area contributed by atoms with Crippen LogP contribution in [0.25, 0.3) is 0 Å². The molecule has 2 fully saturated rings. The topological polar surface area (TPSA) is 26.7 Å². The summed E-state index contributed by atoms with van der Waals surface area (Å²) in [6.07, 6.45) is 5.08. The van der Waals surface area contributed by atoms with Crippen molar-refractivity contribution in [2.45, 2.75) is 31.8 Å². The Morgan fingerprint density at radius 1 is 0.929 bits per heavy atom. The molecule has 3 heteroatoms. The van der Waals surface area contributed by atoms with Gasteiger partial charge >= 0.3 is 0 Å². The van der Waals surface area contributed by atoms with Crippen molar-refractivity contribution in [1.82, 2.24) is 9.80 Å². The summed E-state index contributed by atoms with van der Waals surface area (Å²) >= 11 is 0. The van der Waals surface area contributed by atoms with Crippen LogP contribution in [0.15, 0.2) is 0 Å². The first-order valence-electron chi connectivity index (χ1n) is 5.97. The molecule has 1 atom stereocenters. The summed E-state index contributed by atoms with van der Waals surface area (Å²) in [6.45, 7) is 6.92. The van der Waals surface area contributed by atoms with E-state index < -0.39 is 0 Å². The predicted molar refractivity (Wildman–Crippen MR) is 57.4 cm³/mol. The summed E-state index contributed by atoms with van der Waals surface area (Å²) in [5.74, 6) is 0. The summed E-state index contributed by atoms with van der Waals surface area (Å²) in [5, 5.41) is 9.38. The second kappa shape index (κ2) is 5.10. The lowest BCUT2D eigenvalue weighted by Gasteiger charge is -2.28. The third-order valence-electron chi connectivity index (χ3n) is 3.43. The Morgan fingerprint density at radius 2 is 1.64 bits per heavy atom. The standard InChI is InChI=1S/C11H22N2O/c14-11-4-7-13(10-11)9-8-12-5-2-1-3-6-12/h11,14H,1-10H2/t11-/m0/s1. The molecule has 0 spiro atoms. The molecule has 2 aliphatic heterocycles. The molecule has 0 bridgehead atoms. The van der Waals surface area contributed by atoms with Crippen molar-refractivity contribution < 1.29 is 5.11 Å². The van der Waals surface area contributed by atoms with E-state index in [1.54, 1.807) is 0 Å². The van der Waals surface area contributed by atoms with Gasteiger partial charge in [-0.2, -0.15) is 0 Å². The number of likely N-dealkylation sites (tertiary alicyclic amines) is 2. The van der Waals surface area contributed by atoms with E-state index in [2.05, 4.69) is 9.80 Å². The van der Waals surface area contributed by atoms with Crippen molar-refractivity contribution in [1.29, 1.82) is 0 Å². The van der Waals surface area contributed by atoms with Crippen molar-refractivity contribution in [2.24, 2.45) is 0 Å². The molecule has 2 rings (SSSR count). The molecule has 0 aromatic heterocycles. The lowest BCUT2D eigenvalue weighted by molar-refractivity contribution is 0.161. The second-order valence-electron chi connectivity index (χ2n) is 4.65. The highest BCUT2D eigenvalue weighted by Crippen LogP contribution is 2.11. The molecule has 0 aromatic rings. The van der Waals surface area contributed by atoms with E-state index >= 15 is 0 Å². The molecule has 0 amide bonds. The highest BCUT2D eigenvalue weighted by atomic mass is 16.3. The Morgan fingerprint density at radius 3 is 2.29 bits per heavy atom. The highest BCUT2D eigenvalue weighted by molar-refractivity contribution is 4.75. The summed E-state index contributed by atoms with van der Waals surface area (Å²) < 4.78 is 0. The molecule has 0 aromatic carbocycles. The number of nitrogens with zero attached hydrogens (tertiary/aromatic N) is 2. The first-order valence-corrected chi connectivity index (χ1v) is 5.97. The minimum Gasteiger partial charge on any atom is -0.392 e. The van der Waals surface area contributed by atoms with Crippen molar-refractivity contribution in [3.8, 4) is 0 Å². The molecule has 2 saturated heterocycles. The molecular weight excluding hydrogens is 176 g/mol. The Bertz CT molecular complexity index is 164. The van der Waals surface area contributed by atoms with Crippen LogP contribution in [0.5, 0.6) is 0 Å². The number of aliphatic hydroxyl groups excluding tert-OH is 1. The lowest BCUT2D eigenvalue weighted by Crippen LogP contribution is -2.37. The van der Waals surface area contributed by atoms with Crippen molar-refractivity contribution in [3.05, 3.63) is 0 Å². The van der Waals surface area contributed by atoms with E-state index in [4.69, 9.17) is 0 Å². The normalized spacial score (nSPS) is 31.1. The average molecular weight is 198 g/mol. The molecule has 2 aliphatic rings. The summed E-state index contributed by atoms with van der Waals surface area (Å²) in [4.78, 5) is 4.95. The number of hydrogen-bond acceptors (Lipinski definition) is 3. The minimum atomic E-state index is -0.0589. The van der Waals surface area contributed by atoms with Gasteiger partial charge in [0, 0.05) is 26.2 Å². The average Bonchev–Trinajstić information content (AvgIpc) is 2.63. The molecule has 0 saturated carbocycles. The van der Waals surface area contributed by atoms with Crippen LogP contribution < -0.4 is 0 Å². The van der Waals surface area contributed by atoms with Crippen molar-refractivity contribution in [3.63, 3.8) is 0 Å². The van der Waals surface area contributed by atoms with Crippen LogP contribution in [0.2, 0.25) is 0 Å². The molecule has 1 N–H and O–H groups in total. The van der Waals surface area contributed by atoms with Crippen molar-refractivity contribution >= 4 is 0 Å². The van der Waals surface area contributed by atoms with Crippen LogP contribution in [-0.4, -0.2) is 60.3 Å². The summed E-state index contributed by atoms with van der Waals surface area (Å²) in [6, 6.07) is 0. The molecule has 0 radical (unpaired) electrons. The monoisotopic (exact) mass is 198 g/mol. The second-order valence-corrected chi connectivity index (χ2v) is 4.65. The first-order chi connectivity index (χ1) is 6.84. The molecule has 3 nitrogen and oxygen atoms in total. The molecule has 0 unspecified atom stereocenters. The summed E-state index contributed by atoms with van der Waals surface area (Å²) in [5.41, 5.74) is 0. The van der Waals surface area contributed by atoms with Gasteiger partial charge in [-0.25, -0.2) is 0 Å². The first kappa shape index (κ1) is 10.4. The maximum atomic E-state index is 9.38. The van der Waals surface area contributed by atoms with Crippen LogP contribution in [-0.2, 0) is 0 Å². The lowest BCUT2D eigenvalue weighted by atomic mass is 10.1. The molecule has 2 heterocycles. The Labute approximate surface area is 86.7 Å². The zero-order chi connectivity index (χ0) is 9.80. The van der Waals surface area contributed by atoms with E-state index in [0.717, 1.165) is 26.1 Å². The molecule has 0 aliphatic carbocycles. The number of piperidine rings is 1. The Kier molecular flexibility index (Phi) is 3.79. The fraction of sp³-hybridized carbons (Fsp3) is 1.00. The van der Waals surface area contributed by atoms with Gasteiger partial charge in [-0.1, -0.05) is 6.42 Å². The quantitative estimate of drug-likeness (QED) is 0.717. The van der Waals surface area contributed by atoms with Crippen molar-refractivity contribution in [2.75, 3.05) is 39.3 Å². The third kappa shape index (κ3) is 2.94. The number of β-amino-alcohol motifs (C(OH)–C–C–N with tert-alkyl or cyclic N) is 1. The van der Waals surface area contributed by atoms with Gasteiger partial charge in [-0.15, -0.1) is 0 Å². The van der Waals surface area contributed by atoms with Crippen LogP contribution in [0.1, 0.15) is 25.7 Å². The largest absolute Gasteiger partial charge is 0.392 e. The van der Waals surface area contributed by atoms with Gasteiger partial charge < -0.3 is 10.0 Å². The molecule has 82 valence electrons. The zero-order valence-electron chi connectivity index (χ0n) is 8.99. The van der Waals surface area contributed by atoms with Gasteiger partial charge in [0.2, 0.25) is 0 Å². The minimum absolute atomic E-state index is 0.0589. The Hall–Kier alpha value is -0.120. The van der Waals surface area contributed by atoms with Gasteiger partial charge in [-0.05, 0) is 32.4 Å². The number of rotatable bonds is 3. The van der Waals surface area contributed by atoms with E-state index in [1.165, 1.54) is 38.9 Å². The smallest absolute Gasteiger partial charge is 0.0679 e. The highest BCUT2D eigenvalue weighted by Gasteiger charge is 2.20. The molecular formula is C11H22N2O.